The molecule has 0 unspecified atom stereocenters. The zero-order chi connectivity index (χ0) is 17.6. The summed E-state index contributed by atoms with van der Waals surface area (Å²) >= 11 is 0. The molecule has 120 valence electrons. The van der Waals surface area contributed by atoms with Gasteiger partial charge in [-0.25, -0.2) is 8.42 Å². The predicted octanol–water partition coefficient (Wildman–Crippen LogP) is 2.61. The van der Waals surface area contributed by atoms with Crippen molar-refractivity contribution in [2.75, 3.05) is 10.1 Å². The molecule has 2 aromatic carbocycles. The van der Waals surface area contributed by atoms with E-state index in [1.54, 1.807) is 24.3 Å². The molecule has 0 radical (unpaired) electrons. The first kappa shape index (κ1) is 17.0. The number of anilines is 2. The minimum atomic E-state index is -3.71. The molecule has 0 aromatic heterocycles. The zero-order valence-corrected chi connectivity index (χ0v) is 13.5. The fourth-order valence-electron chi connectivity index (χ4n) is 1.80. The van der Waals surface area contributed by atoms with Crippen LogP contribution in [-0.4, -0.2) is 14.1 Å². The Hall–Kier alpha value is -3.36. The number of benzene rings is 2. The van der Waals surface area contributed by atoms with Crippen LogP contribution in [-0.2, 0) is 10.0 Å². The van der Waals surface area contributed by atoms with Gasteiger partial charge in [0.1, 0.15) is 12.1 Å². The number of rotatable bonds is 5. The van der Waals surface area contributed by atoms with Crippen molar-refractivity contribution in [3.05, 3.63) is 54.1 Å². The van der Waals surface area contributed by atoms with Crippen molar-refractivity contribution in [1.29, 1.82) is 10.5 Å². The van der Waals surface area contributed by atoms with Gasteiger partial charge < -0.3 is 0 Å². The predicted molar refractivity (Wildman–Crippen MR) is 90.7 cm³/mol. The van der Waals surface area contributed by atoms with Crippen molar-refractivity contribution >= 4 is 27.1 Å². The van der Waals surface area contributed by atoms with Gasteiger partial charge in [-0.3, -0.25) is 10.1 Å². The molecule has 0 amide bonds. The lowest BCUT2D eigenvalue weighted by Gasteiger charge is -2.10. The van der Waals surface area contributed by atoms with Crippen molar-refractivity contribution in [1.82, 2.24) is 0 Å². The largest absolute Gasteiger partial charge is 0.279 e. The highest BCUT2D eigenvalue weighted by Crippen LogP contribution is 2.20. The Morgan fingerprint density at radius 2 is 1.67 bits per heavy atom. The maximum absolute atomic E-state index is 12.4. The van der Waals surface area contributed by atoms with E-state index >= 15 is 0 Å². The lowest BCUT2D eigenvalue weighted by Crippen LogP contribution is -2.13. The molecule has 0 fully saturated rings. The number of hydrogen-bond acceptors (Lipinski definition) is 6. The Morgan fingerprint density at radius 3 is 2.25 bits per heavy atom. The number of nitrogens with one attached hydrogen (secondary N) is 2. The molecule has 0 heterocycles. The van der Waals surface area contributed by atoms with E-state index in [0.29, 0.717) is 11.4 Å². The third-order valence-corrected chi connectivity index (χ3v) is 4.44. The molecule has 0 bridgehead atoms. The second-order valence-electron chi connectivity index (χ2n) is 4.74. The van der Waals surface area contributed by atoms with Crippen LogP contribution in [0, 0.1) is 29.6 Å². The first-order valence-corrected chi connectivity index (χ1v) is 8.27. The molecule has 0 saturated heterocycles. The topological polar surface area (TPSA) is 118 Å². The lowest BCUT2D eigenvalue weighted by molar-refractivity contribution is 0.601. The van der Waals surface area contributed by atoms with Crippen molar-refractivity contribution in [2.45, 2.75) is 11.8 Å². The summed E-state index contributed by atoms with van der Waals surface area (Å²) < 4.78 is 27.3. The first-order chi connectivity index (χ1) is 11.5. The average molecular weight is 339 g/mol. The van der Waals surface area contributed by atoms with Crippen molar-refractivity contribution in [3.63, 3.8) is 0 Å². The third kappa shape index (κ3) is 4.09. The lowest BCUT2D eigenvalue weighted by atomic mass is 10.2. The van der Waals surface area contributed by atoms with Gasteiger partial charge in [-0.15, -0.1) is 0 Å². The summed E-state index contributed by atoms with van der Waals surface area (Å²) in [5.74, 6) is 0. The van der Waals surface area contributed by atoms with Gasteiger partial charge in [-0.1, -0.05) is 18.2 Å². The summed E-state index contributed by atoms with van der Waals surface area (Å²) in [5, 5.41) is 20.8. The van der Waals surface area contributed by atoms with Gasteiger partial charge in [0, 0.05) is 0 Å². The summed E-state index contributed by atoms with van der Waals surface area (Å²) in [4.78, 5) is 0.0843. The van der Waals surface area contributed by atoms with E-state index in [0.717, 1.165) is 5.56 Å². The molecule has 2 N–H and O–H groups in total. The summed E-state index contributed by atoms with van der Waals surface area (Å²) in [6.07, 6.45) is 0. The van der Waals surface area contributed by atoms with E-state index in [4.69, 9.17) is 10.5 Å². The third-order valence-electron chi connectivity index (χ3n) is 3.06. The van der Waals surface area contributed by atoms with E-state index in [9.17, 15) is 8.42 Å². The zero-order valence-electron chi connectivity index (χ0n) is 12.7. The number of nitriles is 2. The quantitative estimate of drug-likeness (QED) is 0.641. The molecule has 0 spiro atoms. The normalized spacial score (nSPS) is 10.1. The number of aryl methyl sites for hydroxylation is 1. The molecule has 8 heteroatoms. The number of sulfonamides is 1. The SMILES string of the molecule is Cc1ccccc1NS(=O)(=O)c1ccc(NN=C(C#N)C#N)cc1. The van der Waals surface area contributed by atoms with Gasteiger partial charge in [-0.05, 0) is 42.8 Å². The van der Waals surface area contributed by atoms with Gasteiger partial charge >= 0.3 is 0 Å². The maximum Gasteiger partial charge on any atom is 0.261 e. The Kier molecular flexibility index (Phi) is 5.15. The fourth-order valence-corrected chi connectivity index (χ4v) is 2.93. The van der Waals surface area contributed by atoms with Crippen LogP contribution in [0.25, 0.3) is 0 Å². The summed E-state index contributed by atoms with van der Waals surface area (Å²) in [5.41, 5.74) is 3.96. The number of para-hydroxylation sites is 1. The minimum Gasteiger partial charge on any atom is -0.279 e. The number of hydrazone groups is 1. The molecule has 0 aliphatic carbocycles. The highest BCUT2D eigenvalue weighted by atomic mass is 32.2. The maximum atomic E-state index is 12.4. The molecule has 7 nitrogen and oxygen atoms in total. The summed E-state index contributed by atoms with van der Waals surface area (Å²) in [7, 11) is -3.71. The van der Waals surface area contributed by atoms with E-state index in [-0.39, 0.29) is 10.6 Å². The average Bonchev–Trinajstić information content (AvgIpc) is 2.58. The van der Waals surface area contributed by atoms with Crippen molar-refractivity contribution in [3.8, 4) is 12.1 Å². The molecule has 0 saturated carbocycles. The highest BCUT2D eigenvalue weighted by molar-refractivity contribution is 7.92. The van der Waals surface area contributed by atoms with Gasteiger partial charge in [0.15, 0.2) is 0 Å². The van der Waals surface area contributed by atoms with Crippen LogP contribution in [0.2, 0.25) is 0 Å². The van der Waals surface area contributed by atoms with Crippen LogP contribution in [0.5, 0.6) is 0 Å². The van der Waals surface area contributed by atoms with Gasteiger partial charge in [0.25, 0.3) is 10.0 Å². The van der Waals surface area contributed by atoms with Crippen molar-refractivity contribution < 1.29 is 8.42 Å². The Labute approximate surface area is 139 Å². The van der Waals surface area contributed by atoms with E-state index in [2.05, 4.69) is 15.2 Å². The molecule has 0 aliphatic rings. The van der Waals surface area contributed by atoms with E-state index in [1.165, 1.54) is 24.3 Å². The molecule has 24 heavy (non-hydrogen) atoms. The van der Waals surface area contributed by atoms with Crippen molar-refractivity contribution in [2.24, 2.45) is 5.10 Å². The second kappa shape index (κ2) is 7.27. The molecule has 0 aliphatic heterocycles. The smallest absolute Gasteiger partial charge is 0.261 e. The number of nitrogens with zero attached hydrogens (tertiary/aromatic N) is 3. The second-order valence-corrected chi connectivity index (χ2v) is 6.42. The number of hydrogen-bond donors (Lipinski definition) is 2. The standard InChI is InChI=1S/C16H13N5O2S/c1-12-4-2-3-5-16(12)21-24(22,23)15-8-6-13(7-9-15)19-20-14(10-17)11-18/h2-9,19,21H,1H3. The molecule has 2 aromatic rings. The van der Waals surface area contributed by atoms with Crippen LogP contribution in [0.3, 0.4) is 0 Å². The van der Waals surface area contributed by atoms with Crippen LogP contribution in [0.1, 0.15) is 5.56 Å². The van der Waals surface area contributed by atoms with Crippen LogP contribution in [0.15, 0.2) is 58.5 Å². The van der Waals surface area contributed by atoms with Gasteiger partial charge in [0.05, 0.1) is 16.3 Å². The monoisotopic (exact) mass is 339 g/mol. The molecule has 0 atom stereocenters. The fraction of sp³-hybridized carbons (Fsp3) is 0.0625. The summed E-state index contributed by atoms with van der Waals surface area (Å²) in [6.45, 7) is 1.81. The van der Waals surface area contributed by atoms with Crippen LogP contribution in [0.4, 0.5) is 11.4 Å². The van der Waals surface area contributed by atoms with E-state index in [1.807, 2.05) is 19.1 Å². The van der Waals surface area contributed by atoms with Gasteiger partial charge in [-0.2, -0.15) is 15.6 Å². The van der Waals surface area contributed by atoms with E-state index < -0.39 is 10.0 Å². The highest BCUT2D eigenvalue weighted by Gasteiger charge is 2.14. The molecular formula is C16H13N5O2S. The van der Waals surface area contributed by atoms with Crippen LogP contribution < -0.4 is 10.1 Å². The Bertz CT molecular complexity index is 935. The summed E-state index contributed by atoms with van der Waals surface area (Å²) in [6, 6.07) is 16.1. The Morgan fingerprint density at radius 1 is 1.04 bits per heavy atom. The van der Waals surface area contributed by atoms with Gasteiger partial charge in [0.2, 0.25) is 5.71 Å². The Balaban J connectivity index is 2.18. The van der Waals surface area contributed by atoms with Crippen LogP contribution >= 0.6 is 0 Å². The molecule has 2 rings (SSSR count). The minimum absolute atomic E-state index is 0.0843. The first-order valence-electron chi connectivity index (χ1n) is 6.78. The molecular weight excluding hydrogens is 326 g/mol.